The van der Waals surface area contributed by atoms with Gasteiger partial charge in [0.2, 0.25) is 11.3 Å². The maximum Gasteiger partial charge on any atom is 0.343 e. The lowest BCUT2D eigenvalue weighted by Crippen LogP contribution is -2.49. The van der Waals surface area contributed by atoms with Crippen LogP contribution in [0.5, 0.6) is 0 Å². The van der Waals surface area contributed by atoms with Gasteiger partial charge in [0.15, 0.2) is 0 Å². The number of aromatic nitrogens is 3. The number of hydrogen-bond acceptors (Lipinski definition) is 7. The molecule has 1 atom stereocenters. The lowest BCUT2D eigenvalue weighted by atomic mass is 9.71. The van der Waals surface area contributed by atoms with Crippen molar-refractivity contribution >= 4 is 34.1 Å². The van der Waals surface area contributed by atoms with Crippen molar-refractivity contribution in [2.45, 2.75) is 50.5 Å². The molecular weight excluding hydrogens is 625 g/mol. The quantitative estimate of drug-likeness (QED) is 0.198. The maximum absolute atomic E-state index is 14.8. The number of ether oxygens (including phenoxy) is 2. The Labute approximate surface area is 283 Å². The number of carbonyl (C=O) groups is 2. The number of hydrogen-bond donors (Lipinski definition) is 1. The molecule has 1 amide bonds. The van der Waals surface area contributed by atoms with Crippen LogP contribution in [0.25, 0.3) is 21.3 Å². The smallest absolute Gasteiger partial charge is 0.343 e. The number of benzene rings is 2. The van der Waals surface area contributed by atoms with Crippen molar-refractivity contribution in [1.29, 1.82) is 0 Å². The normalized spacial score (nSPS) is 18.0. The zero-order chi connectivity index (χ0) is 33.1. The number of rotatable bonds is 8. The number of nitrogens with zero attached hydrogens (tertiary/aromatic N) is 3. The summed E-state index contributed by atoms with van der Waals surface area (Å²) in [7, 11) is 1.29. The van der Waals surface area contributed by atoms with Gasteiger partial charge in [-0.25, -0.2) is 4.79 Å². The van der Waals surface area contributed by atoms with Gasteiger partial charge in [-0.3, -0.25) is 14.7 Å². The number of nitrogens with one attached hydrogen (secondary N) is 1. The van der Waals surface area contributed by atoms with Crippen LogP contribution in [0.2, 0.25) is 0 Å². The van der Waals surface area contributed by atoms with Gasteiger partial charge in [-0.1, -0.05) is 61.7 Å². The molecule has 0 spiro atoms. The van der Waals surface area contributed by atoms with Crippen LogP contribution < -0.4 is 5.43 Å². The topological polar surface area (TPSA) is 107 Å². The Balaban J connectivity index is 1.20. The Morgan fingerprint density at radius 1 is 1.04 bits per heavy atom. The van der Waals surface area contributed by atoms with Crippen LogP contribution in [0, 0.1) is 5.92 Å². The highest BCUT2D eigenvalue weighted by atomic mass is 32.1. The molecule has 3 aromatic heterocycles. The predicted octanol–water partition coefficient (Wildman–Crippen LogP) is 6.21. The Morgan fingerprint density at radius 3 is 2.69 bits per heavy atom. The third-order valence-corrected chi connectivity index (χ3v) is 11.2. The second-order valence-corrected chi connectivity index (χ2v) is 14.1. The van der Waals surface area contributed by atoms with E-state index in [-0.39, 0.29) is 22.8 Å². The van der Waals surface area contributed by atoms with E-state index in [1.54, 1.807) is 6.20 Å². The molecule has 1 saturated heterocycles. The summed E-state index contributed by atoms with van der Waals surface area (Å²) in [5.74, 6) is -0.362. The van der Waals surface area contributed by atoms with E-state index < -0.39 is 11.4 Å². The molecule has 2 aliphatic rings. The standard InChI is InChI=1S/C38H40N4O5S/c1-46-36(44)31-24-41(21-26-9-4-2-5-10-26)23-30(35(31)43)33-13-14-34(48-33)38(15-6-3-7-16-38)37(45)42-17-18-47-25-27(22-42)19-28-11-8-12-32-29(28)20-39-40-32/h2,4-5,8-14,20,23-24,27H,3,6-7,15-19,21-22,25H2,1H3,(H,39,40). The Bertz CT molecular complexity index is 1970. The number of fused-ring (bicyclic) bond motifs is 1. The molecule has 248 valence electrons. The number of thiophene rings is 1. The molecule has 4 heterocycles. The molecule has 7 rings (SSSR count). The van der Waals surface area contributed by atoms with Crippen LogP contribution >= 0.6 is 11.3 Å². The average Bonchev–Trinajstić information content (AvgIpc) is 3.76. The number of aromatic amines is 1. The lowest BCUT2D eigenvalue weighted by Gasteiger charge is -2.39. The number of pyridine rings is 1. The summed E-state index contributed by atoms with van der Waals surface area (Å²) in [5, 5.41) is 8.39. The SMILES string of the molecule is COC(=O)c1cn(Cc2ccccc2)cc(-c2ccc(C3(C(=O)N4CCOCC(Cc5cccc6[nH]ncc56)C4)CCCCC3)s2)c1=O. The van der Waals surface area contributed by atoms with Gasteiger partial charge in [-0.05, 0) is 48.6 Å². The monoisotopic (exact) mass is 664 g/mol. The Morgan fingerprint density at radius 2 is 1.88 bits per heavy atom. The van der Waals surface area contributed by atoms with Crippen LogP contribution in [0.4, 0.5) is 0 Å². The van der Waals surface area contributed by atoms with Gasteiger partial charge in [0.05, 0.1) is 43.0 Å². The fourth-order valence-corrected chi connectivity index (χ4v) is 8.67. The van der Waals surface area contributed by atoms with E-state index in [9.17, 15) is 14.4 Å². The fourth-order valence-electron chi connectivity index (χ4n) is 7.42. The molecule has 1 aliphatic carbocycles. The number of carbonyl (C=O) groups excluding carboxylic acids is 2. The first-order valence-corrected chi connectivity index (χ1v) is 17.5. The van der Waals surface area contributed by atoms with Gasteiger partial charge in [0.25, 0.3) is 0 Å². The summed E-state index contributed by atoms with van der Waals surface area (Å²) in [4.78, 5) is 45.0. The number of H-pyrrole nitrogens is 1. The highest BCUT2D eigenvalue weighted by Crippen LogP contribution is 2.45. The van der Waals surface area contributed by atoms with Crippen LogP contribution in [-0.4, -0.2) is 65.0 Å². The Hall–Kier alpha value is -4.54. The zero-order valence-electron chi connectivity index (χ0n) is 27.2. The van der Waals surface area contributed by atoms with Crippen molar-refractivity contribution in [3.05, 3.63) is 111 Å². The van der Waals surface area contributed by atoms with Gasteiger partial charge in [0, 0.05) is 53.1 Å². The molecule has 48 heavy (non-hydrogen) atoms. The van der Waals surface area contributed by atoms with Gasteiger partial charge >= 0.3 is 5.97 Å². The zero-order valence-corrected chi connectivity index (χ0v) is 28.0. The first kappa shape index (κ1) is 32.0. The molecule has 1 unspecified atom stereocenters. The van der Waals surface area contributed by atoms with E-state index in [1.807, 2.05) is 76.5 Å². The summed E-state index contributed by atoms with van der Waals surface area (Å²) in [6.45, 7) is 2.77. The first-order valence-electron chi connectivity index (χ1n) is 16.7. The van der Waals surface area contributed by atoms with E-state index in [1.165, 1.54) is 24.0 Å². The van der Waals surface area contributed by atoms with E-state index in [4.69, 9.17) is 9.47 Å². The van der Waals surface area contributed by atoms with Crippen LogP contribution in [0.15, 0.2) is 84.0 Å². The van der Waals surface area contributed by atoms with Crippen LogP contribution in [0.3, 0.4) is 0 Å². The molecule has 1 N–H and O–H groups in total. The minimum Gasteiger partial charge on any atom is -0.465 e. The molecule has 2 aromatic carbocycles. The van der Waals surface area contributed by atoms with Crippen molar-refractivity contribution < 1.29 is 19.1 Å². The second-order valence-electron chi connectivity index (χ2n) is 13.0. The lowest BCUT2D eigenvalue weighted by molar-refractivity contribution is -0.139. The highest BCUT2D eigenvalue weighted by Gasteiger charge is 2.45. The van der Waals surface area contributed by atoms with Gasteiger partial charge in [0.1, 0.15) is 5.56 Å². The van der Waals surface area contributed by atoms with Crippen molar-refractivity contribution in [2.75, 3.05) is 33.4 Å². The van der Waals surface area contributed by atoms with Gasteiger partial charge < -0.3 is 18.9 Å². The summed E-state index contributed by atoms with van der Waals surface area (Å²) in [6.07, 6.45) is 10.6. The van der Waals surface area contributed by atoms with Crippen molar-refractivity contribution in [3.8, 4) is 10.4 Å². The van der Waals surface area contributed by atoms with E-state index in [2.05, 4.69) is 16.3 Å². The van der Waals surface area contributed by atoms with E-state index in [0.29, 0.717) is 38.4 Å². The minimum absolute atomic E-state index is 0.00828. The van der Waals surface area contributed by atoms with Crippen LogP contribution in [0.1, 0.15) is 58.5 Å². The average molecular weight is 665 g/mol. The summed E-state index contributed by atoms with van der Waals surface area (Å²) < 4.78 is 12.9. The maximum atomic E-state index is 14.8. The molecule has 2 fully saturated rings. The molecule has 0 radical (unpaired) electrons. The van der Waals surface area contributed by atoms with Gasteiger partial charge in [-0.15, -0.1) is 11.3 Å². The largest absolute Gasteiger partial charge is 0.465 e. The van der Waals surface area contributed by atoms with Crippen LogP contribution in [-0.2, 0) is 32.6 Å². The predicted molar refractivity (Wildman–Crippen MR) is 186 cm³/mol. The minimum atomic E-state index is -0.665. The molecule has 10 heteroatoms. The summed E-state index contributed by atoms with van der Waals surface area (Å²) in [5.41, 5.74) is 2.64. The van der Waals surface area contributed by atoms with E-state index in [0.717, 1.165) is 64.7 Å². The first-order chi connectivity index (χ1) is 23.4. The van der Waals surface area contributed by atoms with Crippen molar-refractivity contribution in [3.63, 3.8) is 0 Å². The third-order valence-electron chi connectivity index (χ3n) is 9.86. The third kappa shape index (κ3) is 6.34. The second kappa shape index (κ2) is 13.9. The van der Waals surface area contributed by atoms with E-state index >= 15 is 0 Å². The number of amides is 1. The molecule has 5 aromatic rings. The van der Waals surface area contributed by atoms with Crippen molar-refractivity contribution in [1.82, 2.24) is 19.7 Å². The molecule has 1 aliphatic heterocycles. The van der Waals surface area contributed by atoms with Crippen molar-refractivity contribution in [2.24, 2.45) is 5.92 Å². The van der Waals surface area contributed by atoms with Gasteiger partial charge in [-0.2, -0.15) is 5.10 Å². The highest BCUT2D eigenvalue weighted by molar-refractivity contribution is 7.15. The fraction of sp³-hybridized carbons (Fsp3) is 0.368. The molecule has 9 nitrogen and oxygen atoms in total. The Kier molecular flexibility index (Phi) is 9.28. The molecule has 0 bridgehead atoms. The summed E-state index contributed by atoms with van der Waals surface area (Å²) in [6, 6.07) is 20.1. The number of esters is 1. The molecular formula is C38H40N4O5S. The summed E-state index contributed by atoms with van der Waals surface area (Å²) >= 11 is 1.50. The molecule has 1 saturated carbocycles. The number of methoxy groups -OCH3 is 1.